The molecule has 0 saturated heterocycles. The molecule has 2 rings (SSSR count). The summed E-state index contributed by atoms with van der Waals surface area (Å²) in [6.45, 7) is 16.3. The van der Waals surface area contributed by atoms with E-state index in [4.69, 9.17) is 0 Å². The van der Waals surface area contributed by atoms with Crippen LogP contribution in [0.5, 0.6) is 0 Å². The van der Waals surface area contributed by atoms with Gasteiger partial charge in [0.15, 0.2) is 0 Å². The normalized spacial score (nSPS) is 32.5. The quantitative estimate of drug-likeness (QED) is 0.530. The van der Waals surface area contributed by atoms with Gasteiger partial charge in [-0.15, -0.1) is 0 Å². The van der Waals surface area contributed by atoms with Crippen molar-refractivity contribution in [3.63, 3.8) is 0 Å². The number of rotatable bonds is 6. The molecule has 1 heteroatoms. The molecule has 0 aromatic rings. The third-order valence-electron chi connectivity index (χ3n) is 6.47. The Morgan fingerprint density at radius 3 is 1.77 bits per heavy atom. The summed E-state index contributed by atoms with van der Waals surface area (Å²) in [6, 6.07) is 0.764. The van der Waals surface area contributed by atoms with Crippen molar-refractivity contribution in [2.24, 2.45) is 17.8 Å². The average Bonchev–Trinajstić information content (AvgIpc) is 2.56. The van der Waals surface area contributed by atoms with Gasteiger partial charge in [-0.3, -0.25) is 0 Å². The van der Waals surface area contributed by atoms with Crippen LogP contribution in [0.15, 0.2) is 24.4 Å². The van der Waals surface area contributed by atoms with Gasteiger partial charge >= 0.3 is 0 Å². The van der Waals surface area contributed by atoms with Crippen molar-refractivity contribution in [2.45, 2.75) is 84.6 Å². The first-order valence-corrected chi connectivity index (χ1v) is 9.66. The van der Waals surface area contributed by atoms with E-state index in [1.54, 1.807) is 0 Å². The van der Waals surface area contributed by atoms with Crippen molar-refractivity contribution in [3.05, 3.63) is 24.4 Å². The van der Waals surface area contributed by atoms with Gasteiger partial charge in [-0.25, -0.2) is 0 Å². The van der Waals surface area contributed by atoms with Crippen LogP contribution in [0.25, 0.3) is 0 Å². The highest BCUT2D eigenvalue weighted by molar-refractivity contribution is 5.00. The molecule has 0 aromatic carbocycles. The fraction of sp³-hybridized carbons (Fsp3) is 0.810. The lowest BCUT2D eigenvalue weighted by Gasteiger charge is -2.42. The number of allylic oxidation sites excluding steroid dienone is 2. The average molecular weight is 304 g/mol. The smallest absolute Gasteiger partial charge is 0.0286 e. The maximum atomic E-state index is 4.27. The molecule has 126 valence electrons. The Hall–Kier alpha value is -0.720. The summed E-state index contributed by atoms with van der Waals surface area (Å²) < 4.78 is 0. The van der Waals surface area contributed by atoms with Gasteiger partial charge < -0.3 is 4.90 Å². The first-order valence-electron chi connectivity index (χ1n) is 9.66. The predicted molar refractivity (Wildman–Crippen MR) is 97.8 cm³/mol. The predicted octanol–water partition coefficient (Wildman–Crippen LogP) is 6.17. The van der Waals surface area contributed by atoms with Crippen molar-refractivity contribution in [2.75, 3.05) is 6.54 Å². The first kappa shape index (κ1) is 17.6. The van der Waals surface area contributed by atoms with E-state index in [9.17, 15) is 0 Å². The van der Waals surface area contributed by atoms with Gasteiger partial charge in [-0.1, -0.05) is 25.7 Å². The summed E-state index contributed by atoms with van der Waals surface area (Å²) in [4.78, 5) is 2.58. The van der Waals surface area contributed by atoms with Crippen LogP contribution in [0.3, 0.4) is 0 Å². The Kier molecular flexibility index (Phi) is 6.59. The molecule has 0 aliphatic heterocycles. The lowest BCUT2D eigenvalue weighted by atomic mass is 9.69. The molecule has 1 nitrogen and oxygen atoms in total. The molecular weight excluding hydrogens is 266 g/mol. The summed E-state index contributed by atoms with van der Waals surface area (Å²) in [5.41, 5.74) is 2.76. The SMILES string of the molecule is C=C(C)C1CCC(C2CCC(N(CC)C(=C)CC)CC2)CC1. The highest BCUT2D eigenvalue weighted by Gasteiger charge is 2.32. The topological polar surface area (TPSA) is 3.24 Å². The minimum absolute atomic E-state index is 0.764. The first-order chi connectivity index (χ1) is 10.6. The molecule has 2 aliphatic carbocycles. The molecule has 0 atom stereocenters. The van der Waals surface area contributed by atoms with E-state index >= 15 is 0 Å². The highest BCUT2D eigenvalue weighted by Crippen LogP contribution is 2.42. The Morgan fingerprint density at radius 2 is 1.36 bits per heavy atom. The second kappa shape index (κ2) is 8.22. The van der Waals surface area contributed by atoms with E-state index in [1.807, 2.05) is 0 Å². The van der Waals surface area contributed by atoms with Crippen LogP contribution in [0.2, 0.25) is 0 Å². The van der Waals surface area contributed by atoms with Gasteiger partial charge in [-0.05, 0) is 89.4 Å². The van der Waals surface area contributed by atoms with Crippen molar-refractivity contribution in [1.82, 2.24) is 4.90 Å². The largest absolute Gasteiger partial charge is 0.373 e. The Morgan fingerprint density at radius 1 is 0.864 bits per heavy atom. The fourth-order valence-electron chi connectivity index (χ4n) is 4.91. The van der Waals surface area contributed by atoms with Crippen LogP contribution in [0.1, 0.15) is 78.6 Å². The maximum Gasteiger partial charge on any atom is 0.0286 e. The zero-order valence-electron chi connectivity index (χ0n) is 15.2. The van der Waals surface area contributed by atoms with Gasteiger partial charge in [0.25, 0.3) is 0 Å². The fourth-order valence-corrected chi connectivity index (χ4v) is 4.91. The molecule has 0 heterocycles. The summed E-state index contributed by atoms with van der Waals surface area (Å²) >= 11 is 0. The van der Waals surface area contributed by atoms with E-state index in [-0.39, 0.29) is 0 Å². The Bertz CT molecular complexity index is 367. The third-order valence-corrected chi connectivity index (χ3v) is 6.47. The minimum atomic E-state index is 0.764. The second-order valence-corrected chi connectivity index (χ2v) is 7.73. The van der Waals surface area contributed by atoms with E-state index in [0.29, 0.717) is 0 Å². The van der Waals surface area contributed by atoms with Crippen molar-refractivity contribution >= 4 is 0 Å². The van der Waals surface area contributed by atoms with Crippen LogP contribution in [-0.2, 0) is 0 Å². The Balaban J connectivity index is 1.80. The number of hydrogen-bond acceptors (Lipinski definition) is 1. The summed E-state index contributed by atoms with van der Waals surface area (Å²) in [7, 11) is 0. The van der Waals surface area contributed by atoms with Gasteiger partial charge in [0.05, 0.1) is 0 Å². The van der Waals surface area contributed by atoms with Gasteiger partial charge in [-0.2, -0.15) is 0 Å². The molecule has 0 unspecified atom stereocenters. The second-order valence-electron chi connectivity index (χ2n) is 7.73. The summed E-state index contributed by atoms with van der Waals surface area (Å²) in [5, 5.41) is 0. The van der Waals surface area contributed by atoms with Crippen molar-refractivity contribution < 1.29 is 0 Å². The molecule has 2 saturated carbocycles. The minimum Gasteiger partial charge on any atom is -0.373 e. The highest BCUT2D eigenvalue weighted by atomic mass is 15.2. The van der Waals surface area contributed by atoms with Crippen molar-refractivity contribution in [3.8, 4) is 0 Å². The summed E-state index contributed by atoms with van der Waals surface area (Å²) in [6.07, 6.45) is 12.5. The molecule has 2 fully saturated rings. The molecule has 0 bridgehead atoms. The zero-order valence-corrected chi connectivity index (χ0v) is 15.2. The van der Waals surface area contributed by atoms with Gasteiger partial charge in [0.2, 0.25) is 0 Å². The molecule has 0 N–H and O–H groups in total. The molecule has 0 aromatic heterocycles. The van der Waals surface area contributed by atoms with Crippen LogP contribution < -0.4 is 0 Å². The standard InChI is InChI=1S/C21H37N/c1-6-17(5)22(7-2)21-14-12-20(13-15-21)19-10-8-18(9-11-19)16(3)4/h18-21H,3,5-15H2,1-2,4H3. The van der Waals surface area contributed by atoms with E-state index in [0.717, 1.165) is 36.8 Å². The van der Waals surface area contributed by atoms with E-state index < -0.39 is 0 Å². The van der Waals surface area contributed by atoms with Crippen LogP contribution in [-0.4, -0.2) is 17.5 Å². The van der Waals surface area contributed by atoms with Gasteiger partial charge in [0.1, 0.15) is 0 Å². The molecule has 0 amide bonds. The number of nitrogens with zero attached hydrogens (tertiary/aromatic N) is 1. The monoisotopic (exact) mass is 303 g/mol. The lowest BCUT2D eigenvalue weighted by molar-refractivity contribution is 0.122. The van der Waals surface area contributed by atoms with Crippen LogP contribution >= 0.6 is 0 Å². The molecule has 22 heavy (non-hydrogen) atoms. The molecule has 0 spiro atoms. The maximum absolute atomic E-state index is 4.27. The van der Waals surface area contributed by atoms with Crippen molar-refractivity contribution in [1.29, 1.82) is 0 Å². The van der Waals surface area contributed by atoms with E-state index in [2.05, 4.69) is 38.8 Å². The Labute approximate surface area is 138 Å². The van der Waals surface area contributed by atoms with Gasteiger partial charge in [0, 0.05) is 18.3 Å². The van der Waals surface area contributed by atoms with E-state index in [1.165, 1.54) is 62.6 Å². The van der Waals surface area contributed by atoms with Crippen LogP contribution in [0.4, 0.5) is 0 Å². The number of hydrogen-bond donors (Lipinski definition) is 0. The lowest BCUT2D eigenvalue weighted by Crippen LogP contribution is -2.38. The molecular formula is C21H37N. The molecule has 0 radical (unpaired) electrons. The van der Waals surface area contributed by atoms with Crippen LogP contribution in [0, 0.1) is 17.8 Å². The zero-order chi connectivity index (χ0) is 16.1. The third kappa shape index (κ3) is 4.18. The summed E-state index contributed by atoms with van der Waals surface area (Å²) in [5.74, 6) is 2.81. The molecule has 2 aliphatic rings.